The fraction of sp³-hybridized carbons (Fsp3) is 0.565. The fourth-order valence-corrected chi connectivity index (χ4v) is 4.26. The Bertz CT molecular complexity index is 861. The lowest BCUT2D eigenvalue weighted by Crippen LogP contribution is -2.49. The van der Waals surface area contributed by atoms with Crippen molar-refractivity contribution in [3.05, 3.63) is 29.8 Å². The standard InChI is InChI=1S/C23H31N3O6/c1-15(2)32-20(28)13-18(16-7-9-17(31-3)10-8-16)24-19(27)14-26-21(29)23(25-22(26)30)11-5-4-6-12-23/h7-10,15,18H,4-6,11-14H2,1-3H3,(H,24,27)(H,25,30). The van der Waals surface area contributed by atoms with E-state index in [0.29, 0.717) is 24.2 Å². The Hall–Kier alpha value is -3.10. The third-order valence-corrected chi connectivity index (χ3v) is 5.85. The maximum atomic E-state index is 12.9. The predicted octanol–water partition coefficient (Wildman–Crippen LogP) is 2.45. The maximum Gasteiger partial charge on any atom is 0.325 e. The van der Waals surface area contributed by atoms with E-state index >= 15 is 0 Å². The van der Waals surface area contributed by atoms with E-state index in [4.69, 9.17) is 9.47 Å². The molecule has 3 rings (SSSR count). The van der Waals surface area contributed by atoms with Crippen LogP contribution in [0.3, 0.4) is 0 Å². The molecule has 0 aromatic heterocycles. The Balaban J connectivity index is 1.70. The highest BCUT2D eigenvalue weighted by molar-refractivity contribution is 6.09. The molecule has 1 atom stereocenters. The number of nitrogens with one attached hydrogen (secondary N) is 2. The molecular formula is C23H31N3O6. The molecule has 1 aromatic carbocycles. The van der Waals surface area contributed by atoms with E-state index in [1.54, 1.807) is 45.2 Å². The minimum absolute atomic E-state index is 0.0830. The lowest BCUT2D eigenvalue weighted by Gasteiger charge is -2.30. The molecule has 0 bridgehead atoms. The molecule has 9 nitrogen and oxygen atoms in total. The van der Waals surface area contributed by atoms with Crippen molar-refractivity contribution >= 4 is 23.8 Å². The van der Waals surface area contributed by atoms with Crippen LogP contribution in [0.15, 0.2) is 24.3 Å². The maximum absolute atomic E-state index is 12.9. The van der Waals surface area contributed by atoms with E-state index in [1.165, 1.54) is 0 Å². The first-order valence-corrected chi connectivity index (χ1v) is 11.0. The van der Waals surface area contributed by atoms with Crippen molar-refractivity contribution in [1.29, 1.82) is 0 Å². The zero-order valence-electron chi connectivity index (χ0n) is 18.8. The fourth-order valence-electron chi connectivity index (χ4n) is 4.26. The van der Waals surface area contributed by atoms with Crippen LogP contribution in [0, 0.1) is 0 Å². The number of imide groups is 1. The van der Waals surface area contributed by atoms with Gasteiger partial charge in [0.1, 0.15) is 17.8 Å². The first kappa shape index (κ1) is 23.6. The monoisotopic (exact) mass is 445 g/mol. The zero-order chi connectivity index (χ0) is 23.3. The van der Waals surface area contributed by atoms with Gasteiger partial charge in [0.25, 0.3) is 5.91 Å². The summed E-state index contributed by atoms with van der Waals surface area (Å²) in [7, 11) is 1.55. The summed E-state index contributed by atoms with van der Waals surface area (Å²) in [4.78, 5) is 51.4. The first-order chi connectivity index (χ1) is 15.2. The summed E-state index contributed by atoms with van der Waals surface area (Å²) in [5.41, 5.74) is -0.202. The quantitative estimate of drug-likeness (QED) is 0.469. The van der Waals surface area contributed by atoms with Crippen LogP contribution in [-0.4, -0.2) is 54.0 Å². The number of nitrogens with zero attached hydrogens (tertiary/aromatic N) is 1. The molecule has 32 heavy (non-hydrogen) atoms. The Kier molecular flexibility index (Phi) is 7.37. The summed E-state index contributed by atoms with van der Waals surface area (Å²) in [6, 6.07) is 5.73. The van der Waals surface area contributed by atoms with Gasteiger partial charge in [-0.1, -0.05) is 31.4 Å². The van der Waals surface area contributed by atoms with E-state index in [2.05, 4.69) is 10.6 Å². The normalized spacial score (nSPS) is 18.4. The molecule has 1 aromatic rings. The number of benzene rings is 1. The number of carbonyl (C=O) groups is 4. The van der Waals surface area contributed by atoms with E-state index in [0.717, 1.165) is 24.2 Å². The number of hydrogen-bond acceptors (Lipinski definition) is 6. The lowest BCUT2D eigenvalue weighted by molar-refractivity contribution is -0.148. The molecule has 9 heteroatoms. The number of hydrogen-bond donors (Lipinski definition) is 2. The number of rotatable bonds is 8. The van der Waals surface area contributed by atoms with Crippen molar-refractivity contribution < 1.29 is 28.7 Å². The molecule has 4 amide bonds. The summed E-state index contributed by atoms with van der Waals surface area (Å²) < 4.78 is 10.4. The summed E-state index contributed by atoms with van der Waals surface area (Å²) in [5, 5.41) is 5.58. The second kappa shape index (κ2) is 10.0. The van der Waals surface area contributed by atoms with Gasteiger partial charge in [0.05, 0.1) is 25.7 Å². The van der Waals surface area contributed by atoms with Gasteiger partial charge in [-0.2, -0.15) is 0 Å². The molecule has 1 unspecified atom stereocenters. The number of urea groups is 1. The highest BCUT2D eigenvalue weighted by Gasteiger charge is 2.51. The van der Waals surface area contributed by atoms with Gasteiger partial charge >= 0.3 is 12.0 Å². The molecular weight excluding hydrogens is 414 g/mol. The van der Waals surface area contributed by atoms with Gasteiger partial charge in [0, 0.05) is 0 Å². The number of carbonyl (C=O) groups excluding carboxylic acids is 4. The molecule has 1 aliphatic carbocycles. The van der Waals surface area contributed by atoms with Crippen LogP contribution >= 0.6 is 0 Å². The van der Waals surface area contributed by atoms with E-state index in [9.17, 15) is 19.2 Å². The van der Waals surface area contributed by atoms with Crippen LogP contribution in [0.1, 0.15) is 64.0 Å². The van der Waals surface area contributed by atoms with Gasteiger partial charge in [-0.3, -0.25) is 19.3 Å². The molecule has 174 valence electrons. The van der Waals surface area contributed by atoms with Gasteiger partial charge < -0.3 is 20.1 Å². The SMILES string of the molecule is COc1ccc(C(CC(=O)OC(C)C)NC(=O)CN2C(=O)NC3(CCCCC3)C2=O)cc1. The Morgan fingerprint density at radius 3 is 2.38 bits per heavy atom. The van der Waals surface area contributed by atoms with Crippen molar-refractivity contribution in [1.82, 2.24) is 15.5 Å². The number of methoxy groups -OCH3 is 1. The molecule has 1 saturated heterocycles. The minimum atomic E-state index is -0.883. The van der Waals surface area contributed by atoms with Crippen molar-refractivity contribution in [2.45, 2.75) is 70.1 Å². The molecule has 1 aliphatic heterocycles. The Morgan fingerprint density at radius 2 is 1.78 bits per heavy atom. The number of amides is 4. The third kappa shape index (κ3) is 5.38. The van der Waals surface area contributed by atoms with Crippen LogP contribution in [0.5, 0.6) is 5.75 Å². The van der Waals surface area contributed by atoms with Gasteiger partial charge in [0.15, 0.2) is 0 Å². The summed E-state index contributed by atoms with van der Waals surface area (Å²) in [6.07, 6.45) is 3.57. The van der Waals surface area contributed by atoms with Gasteiger partial charge in [-0.05, 0) is 44.4 Å². The lowest BCUT2D eigenvalue weighted by atomic mass is 9.82. The molecule has 1 heterocycles. The summed E-state index contributed by atoms with van der Waals surface area (Å²) >= 11 is 0. The van der Waals surface area contributed by atoms with Gasteiger partial charge in [-0.15, -0.1) is 0 Å². The van der Waals surface area contributed by atoms with Gasteiger partial charge in [-0.25, -0.2) is 4.79 Å². The summed E-state index contributed by atoms with van der Waals surface area (Å²) in [5.74, 6) is -0.699. The largest absolute Gasteiger partial charge is 0.497 e. The second-order valence-electron chi connectivity index (χ2n) is 8.60. The van der Waals surface area contributed by atoms with E-state index in [-0.39, 0.29) is 18.4 Å². The average Bonchev–Trinajstić information content (AvgIpc) is 2.97. The second-order valence-corrected chi connectivity index (χ2v) is 8.60. The predicted molar refractivity (Wildman–Crippen MR) is 116 cm³/mol. The molecule has 2 fully saturated rings. The van der Waals surface area contributed by atoms with Crippen LogP contribution in [0.25, 0.3) is 0 Å². The van der Waals surface area contributed by atoms with Gasteiger partial charge in [0.2, 0.25) is 5.91 Å². The van der Waals surface area contributed by atoms with Crippen molar-refractivity contribution in [2.75, 3.05) is 13.7 Å². The molecule has 2 N–H and O–H groups in total. The zero-order valence-corrected chi connectivity index (χ0v) is 18.8. The van der Waals surface area contributed by atoms with Crippen molar-refractivity contribution in [3.63, 3.8) is 0 Å². The third-order valence-electron chi connectivity index (χ3n) is 5.85. The number of ether oxygens (including phenoxy) is 2. The van der Waals surface area contributed by atoms with Crippen molar-refractivity contribution in [3.8, 4) is 5.75 Å². The molecule has 1 saturated carbocycles. The Morgan fingerprint density at radius 1 is 1.12 bits per heavy atom. The van der Waals surface area contributed by atoms with Crippen LogP contribution in [0.4, 0.5) is 4.79 Å². The number of esters is 1. The minimum Gasteiger partial charge on any atom is -0.497 e. The van der Waals surface area contributed by atoms with Crippen LogP contribution in [-0.2, 0) is 19.1 Å². The van der Waals surface area contributed by atoms with E-state index in [1.807, 2.05) is 0 Å². The average molecular weight is 446 g/mol. The first-order valence-electron chi connectivity index (χ1n) is 11.0. The van der Waals surface area contributed by atoms with E-state index < -0.39 is 36.0 Å². The Labute approximate surface area is 187 Å². The molecule has 0 radical (unpaired) electrons. The topological polar surface area (TPSA) is 114 Å². The van der Waals surface area contributed by atoms with Crippen LogP contribution < -0.4 is 15.4 Å². The summed E-state index contributed by atoms with van der Waals surface area (Å²) in [6.45, 7) is 3.09. The molecule has 1 spiro atoms. The molecule has 2 aliphatic rings. The highest BCUT2D eigenvalue weighted by atomic mass is 16.5. The van der Waals surface area contributed by atoms with Crippen LogP contribution in [0.2, 0.25) is 0 Å². The highest BCUT2D eigenvalue weighted by Crippen LogP contribution is 2.33. The smallest absolute Gasteiger partial charge is 0.325 e. The van der Waals surface area contributed by atoms with Crippen molar-refractivity contribution in [2.24, 2.45) is 0 Å².